The summed E-state index contributed by atoms with van der Waals surface area (Å²) in [5.41, 5.74) is 1.02. The maximum atomic E-state index is 4.53. The van der Waals surface area contributed by atoms with Crippen LogP contribution in [0, 0.1) is 0 Å². The molecule has 2 aromatic rings. The summed E-state index contributed by atoms with van der Waals surface area (Å²) in [6.07, 6.45) is 2.66. The molecule has 1 atom stereocenters. The van der Waals surface area contributed by atoms with Crippen molar-refractivity contribution in [1.29, 1.82) is 0 Å². The maximum absolute atomic E-state index is 4.53. The van der Waals surface area contributed by atoms with Crippen LogP contribution in [0.5, 0.6) is 0 Å². The summed E-state index contributed by atoms with van der Waals surface area (Å²) in [5, 5.41) is 0. The average Bonchev–Trinajstić information content (AvgIpc) is 2.46. The zero-order valence-electron chi connectivity index (χ0n) is 10.8. The van der Waals surface area contributed by atoms with Gasteiger partial charge in [0.25, 0.3) is 0 Å². The van der Waals surface area contributed by atoms with Gasteiger partial charge in [0.2, 0.25) is 0 Å². The van der Waals surface area contributed by atoms with E-state index in [-0.39, 0.29) is 5.92 Å². The lowest BCUT2D eigenvalue weighted by atomic mass is 10.1. The van der Waals surface area contributed by atoms with E-state index in [1.165, 1.54) is 0 Å². The molecule has 1 aromatic heterocycles. The summed E-state index contributed by atoms with van der Waals surface area (Å²) < 4.78 is 0. The van der Waals surface area contributed by atoms with E-state index in [1.54, 1.807) is 0 Å². The molecule has 0 spiro atoms. The molecule has 92 valence electrons. The quantitative estimate of drug-likeness (QED) is 0.768. The highest BCUT2D eigenvalue weighted by Crippen LogP contribution is 2.18. The monoisotopic (exact) mass is 239 g/mol. The Kier molecular flexibility index (Phi) is 3.82. The summed E-state index contributed by atoms with van der Waals surface area (Å²) in [4.78, 5) is 13.5. The van der Waals surface area contributed by atoms with Crippen LogP contribution in [0.2, 0.25) is 0 Å². The molecule has 0 fully saturated rings. The number of benzene rings is 1. The third kappa shape index (κ3) is 2.62. The summed E-state index contributed by atoms with van der Waals surface area (Å²) >= 11 is 0. The fourth-order valence-electron chi connectivity index (χ4n) is 1.62. The molecule has 0 bridgehead atoms. The first-order valence-electron chi connectivity index (χ1n) is 6.17. The Morgan fingerprint density at radius 2 is 1.89 bits per heavy atom. The van der Waals surface area contributed by atoms with Crippen LogP contribution in [0.4, 0.5) is 0 Å². The molecule has 3 nitrogen and oxygen atoms in total. The summed E-state index contributed by atoms with van der Waals surface area (Å²) in [6, 6.07) is 9.98. The standard InChI is InChI=1S/C15H17N3/c1-4-11(3)14-16-13(5-2)17-15(18-14)12-9-7-6-8-10-12/h4,6-11H,1,5H2,2-3H3. The smallest absolute Gasteiger partial charge is 0.163 e. The molecule has 2 rings (SSSR count). The van der Waals surface area contributed by atoms with Gasteiger partial charge >= 0.3 is 0 Å². The molecule has 0 aliphatic heterocycles. The van der Waals surface area contributed by atoms with E-state index in [1.807, 2.05) is 50.3 Å². The van der Waals surface area contributed by atoms with E-state index in [2.05, 4.69) is 21.5 Å². The van der Waals surface area contributed by atoms with E-state index in [0.29, 0.717) is 0 Å². The predicted octanol–water partition coefficient (Wildman–Crippen LogP) is 3.39. The molecule has 0 saturated heterocycles. The van der Waals surface area contributed by atoms with E-state index >= 15 is 0 Å². The van der Waals surface area contributed by atoms with Crippen molar-refractivity contribution in [3.63, 3.8) is 0 Å². The van der Waals surface area contributed by atoms with Crippen LogP contribution >= 0.6 is 0 Å². The van der Waals surface area contributed by atoms with Gasteiger partial charge in [-0.25, -0.2) is 15.0 Å². The van der Waals surface area contributed by atoms with Gasteiger partial charge in [0.1, 0.15) is 11.6 Å². The molecule has 0 aliphatic rings. The Morgan fingerprint density at radius 1 is 1.17 bits per heavy atom. The topological polar surface area (TPSA) is 38.7 Å². The minimum Gasteiger partial charge on any atom is -0.217 e. The average molecular weight is 239 g/mol. The van der Waals surface area contributed by atoms with Gasteiger partial charge in [-0.15, -0.1) is 6.58 Å². The molecule has 0 saturated carbocycles. The third-order valence-electron chi connectivity index (χ3n) is 2.81. The van der Waals surface area contributed by atoms with E-state index in [9.17, 15) is 0 Å². The minimum absolute atomic E-state index is 0.140. The molecular weight excluding hydrogens is 222 g/mol. The first-order chi connectivity index (χ1) is 8.74. The van der Waals surface area contributed by atoms with Crippen LogP contribution in [0.1, 0.15) is 31.4 Å². The Balaban J connectivity index is 2.51. The Hall–Kier alpha value is -2.03. The highest BCUT2D eigenvalue weighted by atomic mass is 15.0. The molecule has 0 aliphatic carbocycles. The largest absolute Gasteiger partial charge is 0.217 e. The van der Waals surface area contributed by atoms with Crippen molar-refractivity contribution in [1.82, 2.24) is 15.0 Å². The summed E-state index contributed by atoms with van der Waals surface area (Å²) in [7, 11) is 0. The van der Waals surface area contributed by atoms with Crippen LogP contribution < -0.4 is 0 Å². The lowest BCUT2D eigenvalue weighted by molar-refractivity contribution is 0.784. The van der Waals surface area contributed by atoms with Crippen molar-refractivity contribution in [3.8, 4) is 11.4 Å². The minimum atomic E-state index is 0.140. The van der Waals surface area contributed by atoms with Gasteiger partial charge in [0.15, 0.2) is 5.82 Å². The van der Waals surface area contributed by atoms with Crippen LogP contribution in [-0.2, 0) is 6.42 Å². The van der Waals surface area contributed by atoms with Gasteiger partial charge in [0.05, 0.1) is 0 Å². The van der Waals surface area contributed by atoms with Crippen molar-refractivity contribution >= 4 is 0 Å². The maximum Gasteiger partial charge on any atom is 0.163 e. The third-order valence-corrected chi connectivity index (χ3v) is 2.81. The predicted molar refractivity (Wildman–Crippen MR) is 73.3 cm³/mol. The van der Waals surface area contributed by atoms with Gasteiger partial charge < -0.3 is 0 Å². The normalized spacial score (nSPS) is 12.1. The number of nitrogens with zero attached hydrogens (tertiary/aromatic N) is 3. The first kappa shape index (κ1) is 12.4. The molecule has 1 aromatic carbocycles. The number of rotatable bonds is 4. The van der Waals surface area contributed by atoms with Crippen LogP contribution in [-0.4, -0.2) is 15.0 Å². The lowest BCUT2D eigenvalue weighted by Gasteiger charge is -2.09. The second-order valence-electron chi connectivity index (χ2n) is 4.18. The van der Waals surface area contributed by atoms with Gasteiger partial charge in [-0.1, -0.05) is 50.3 Å². The van der Waals surface area contributed by atoms with Crippen molar-refractivity contribution in [3.05, 3.63) is 54.6 Å². The van der Waals surface area contributed by atoms with Crippen molar-refractivity contribution < 1.29 is 0 Å². The molecule has 1 heterocycles. The number of aromatic nitrogens is 3. The summed E-state index contributed by atoms with van der Waals surface area (Å²) in [6.45, 7) is 7.88. The number of hydrogen-bond acceptors (Lipinski definition) is 3. The second kappa shape index (κ2) is 5.54. The van der Waals surface area contributed by atoms with Crippen molar-refractivity contribution in [2.45, 2.75) is 26.2 Å². The Labute approximate surface area is 108 Å². The fourth-order valence-corrected chi connectivity index (χ4v) is 1.62. The second-order valence-corrected chi connectivity index (χ2v) is 4.18. The van der Waals surface area contributed by atoms with E-state index < -0.39 is 0 Å². The van der Waals surface area contributed by atoms with Crippen LogP contribution in [0.25, 0.3) is 11.4 Å². The molecule has 3 heteroatoms. The van der Waals surface area contributed by atoms with Gasteiger partial charge in [0, 0.05) is 17.9 Å². The molecule has 18 heavy (non-hydrogen) atoms. The molecule has 0 amide bonds. The van der Waals surface area contributed by atoms with E-state index in [4.69, 9.17) is 0 Å². The zero-order valence-corrected chi connectivity index (χ0v) is 10.8. The molecule has 1 unspecified atom stereocenters. The number of allylic oxidation sites excluding steroid dienone is 1. The molecule has 0 N–H and O–H groups in total. The number of hydrogen-bond donors (Lipinski definition) is 0. The van der Waals surface area contributed by atoms with Gasteiger partial charge in [-0.05, 0) is 0 Å². The van der Waals surface area contributed by atoms with Crippen LogP contribution in [0.15, 0.2) is 43.0 Å². The van der Waals surface area contributed by atoms with Gasteiger partial charge in [-0.3, -0.25) is 0 Å². The Morgan fingerprint density at radius 3 is 2.50 bits per heavy atom. The number of aryl methyl sites for hydroxylation is 1. The SMILES string of the molecule is C=CC(C)c1nc(CC)nc(-c2ccccc2)n1. The first-order valence-corrected chi connectivity index (χ1v) is 6.17. The lowest BCUT2D eigenvalue weighted by Crippen LogP contribution is -2.06. The van der Waals surface area contributed by atoms with Gasteiger partial charge in [-0.2, -0.15) is 0 Å². The highest BCUT2D eigenvalue weighted by Gasteiger charge is 2.10. The summed E-state index contributed by atoms with van der Waals surface area (Å²) in [5.74, 6) is 2.50. The van der Waals surface area contributed by atoms with Crippen LogP contribution in [0.3, 0.4) is 0 Å². The van der Waals surface area contributed by atoms with Crippen molar-refractivity contribution in [2.75, 3.05) is 0 Å². The highest BCUT2D eigenvalue weighted by molar-refractivity contribution is 5.54. The Bertz CT molecular complexity index is 535. The molecule has 0 radical (unpaired) electrons. The van der Waals surface area contributed by atoms with E-state index in [0.717, 1.165) is 29.5 Å². The fraction of sp³-hybridized carbons (Fsp3) is 0.267. The molecular formula is C15H17N3. The zero-order chi connectivity index (χ0) is 13.0. The van der Waals surface area contributed by atoms with Crippen molar-refractivity contribution in [2.24, 2.45) is 0 Å².